The third-order valence-corrected chi connectivity index (χ3v) is 3.08. The van der Waals surface area contributed by atoms with Gasteiger partial charge in [0.05, 0.1) is 5.92 Å². The van der Waals surface area contributed by atoms with E-state index < -0.39 is 17.8 Å². The fourth-order valence-electron chi connectivity index (χ4n) is 1.56. The van der Waals surface area contributed by atoms with Crippen LogP contribution in [0.4, 0.5) is 5.69 Å². The van der Waals surface area contributed by atoms with E-state index in [0.29, 0.717) is 5.69 Å². The van der Waals surface area contributed by atoms with Crippen molar-refractivity contribution >= 4 is 17.6 Å². The molecule has 0 aliphatic heterocycles. The van der Waals surface area contributed by atoms with Gasteiger partial charge in [-0.05, 0) is 12.1 Å². The largest absolute Gasteiger partial charge is 0.508 e. The lowest BCUT2D eigenvalue weighted by atomic mass is 9.94. The Balaban J connectivity index is 2.87. The van der Waals surface area contributed by atoms with Gasteiger partial charge in [-0.1, -0.05) is 19.9 Å². The first kappa shape index (κ1) is 14.0. The number of amides is 1. The third kappa shape index (κ3) is 3.00. The Labute approximate surface area is 106 Å². The Kier molecular flexibility index (Phi) is 4.31. The number of hydrogen-bond acceptors (Lipinski definition) is 3. The van der Waals surface area contributed by atoms with Crippen molar-refractivity contribution in [1.29, 1.82) is 0 Å². The summed E-state index contributed by atoms with van der Waals surface area (Å²) in [6.45, 7) is 3.08. The van der Waals surface area contributed by atoms with E-state index in [1.807, 2.05) is 0 Å². The molecule has 5 nitrogen and oxygen atoms in total. The molecule has 0 spiro atoms. The number of phenols is 1. The van der Waals surface area contributed by atoms with Crippen molar-refractivity contribution in [2.24, 2.45) is 11.8 Å². The molecular weight excluding hydrogens is 234 g/mol. The number of carboxylic acid groups (broad SMARTS) is 1. The molecule has 0 saturated carbocycles. The highest BCUT2D eigenvalue weighted by Crippen LogP contribution is 2.22. The Bertz CT molecular complexity index is 458. The van der Waals surface area contributed by atoms with Crippen LogP contribution in [0.5, 0.6) is 5.75 Å². The van der Waals surface area contributed by atoms with E-state index in [9.17, 15) is 14.7 Å². The zero-order chi connectivity index (χ0) is 13.9. The van der Waals surface area contributed by atoms with Gasteiger partial charge in [0.1, 0.15) is 5.75 Å². The number of benzene rings is 1. The van der Waals surface area contributed by atoms with Gasteiger partial charge in [-0.2, -0.15) is 0 Å². The molecular formula is C13H17NO4. The first-order valence-electron chi connectivity index (χ1n) is 5.64. The summed E-state index contributed by atoms with van der Waals surface area (Å²) in [4.78, 5) is 24.3. The quantitative estimate of drug-likeness (QED) is 0.854. The highest BCUT2D eigenvalue weighted by molar-refractivity contribution is 5.96. The predicted octanol–water partition coefficient (Wildman–Crippen LogP) is 1.71. The van der Waals surface area contributed by atoms with Crippen molar-refractivity contribution in [3.8, 4) is 5.75 Å². The summed E-state index contributed by atoms with van der Waals surface area (Å²) >= 11 is 0. The van der Waals surface area contributed by atoms with Crippen molar-refractivity contribution in [2.75, 3.05) is 11.9 Å². The van der Waals surface area contributed by atoms with Crippen LogP contribution in [0.2, 0.25) is 0 Å². The summed E-state index contributed by atoms with van der Waals surface area (Å²) in [6.07, 6.45) is 0. The Morgan fingerprint density at radius 2 is 1.83 bits per heavy atom. The first-order valence-corrected chi connectivity index (χ1v) is 5.64. The number of phenolic OH excluding ortho intramolecular Hbond substituents is 1. The van der Waals surface area contributed by atoms with E-state index in [1.165, 1.54) is 24.0 Å². The molecule has 0 radical (unpaired) electrons. The van der Waals surface area contributed by atoms with Gasteiger partial charge in [-0.3, -0.25) is 9.59 Å². The minimum absolute atomic E-state index is 0.0612. The molecule has 18 heavy (non-hydrogen) atoms. The van der Waals surface area contributed by atoms with E-state index in [-0.39, 0.29) is 11.7 Å². The molecule has 5 heteroatoms. The number of hydrogen-bond donors (Lipinski definition) is 2. The molecule has 1 aromatic rings. The number of aliphatic carboxylic acids is 1. The smallest absolute Gasteiger partial charge is 0.307 e. The van der Waals surface area contributed by atoms with Crippen LogP contribution >= 0.6 is 0 Å². The van der Waals surface area contributed by atoms with E-state index in [1.54, 1.807) is 26.1 Å². The standard InChI is InChI=1S/C13H17NO4/c1-8(9(2)13(17)18)12(16)14(3)10-5-4-6-11(15)7-10/h4-9,15H,1-3H3,(H,17,18). The molecule has 0 aliphatic rings. The molecule has 0 aliphatic carbocycles. The number of aromatic hydroxyl groups is 1. The van der Waals surface area contributed by atoms with Gasteiger partial charge < -0.3 is 15.1 Å². The van der Waals surface area contributed by atoms with Crippen LogP contribution in [0.25, 0.3) is 0 Å². The molecule has 0 fully saturated rings. The molecule has 1 amide bonds. The maximum absolute atomic E-state index is 12.1. The second-order valence-electron chi connectivity index (χ2n) is 4.33. The van der Waals surface area contributed by atoms with Gasteiger partial charge in [0, 0.05) is 24.7 Å². The zero-order valence-electron chi connectivity index (χ0n) is 10.6. The number of carbonyl (C=O) groups excluding carboxylic acids is 1. The molecule has 1 aromatic carbocycles. The summed E-state index contributed by atoms with van der Waals surface area (Å²) in [5.74, 6) is -2.62. The normalized spacial score (nSPS) is 13.7. The summed E-state index contributed by atoms with van der Waals surface area (Å²) in [7, 11) is 1.56. The van der Waals surface area contributed by atoms with E-state index >= 15 is 0 Å². The van der Waals surface area contributed by atoms with Crippen molar-refractivity contribution in [2.45, 2.75) is 13.8 Å². The molecule has 2 unspecified atom stereocenters. The fraction of sp³-hybridized carbons (Fsp3) is 0.385. The van der Waals surface area contributed by atoms with E-state index in [0.717, 1.165) is 0 Å². The average Bonchev–Trinajstić information content (AvgIpc) is 2.35. The topological polar surface area (TPSA) is 77.8 Å². The number of carboxylic acids is 1. The predicted molar refractivity (Wildman–Crippen MR) is 67.5 cm³/mol. The second-order valence-corrected chi connectivity index (χ2v) is 4.33. The van der Waals surface area contributed by atoms with E-state index in [4.69, 9.17) is 5.11 Å². The minimum atomic E-state index is -1.000. The number of anilines is 1. The fourth-order valence-corrected chi connectivity index (χ4v) is 1.56. The van der Waals surface area contributed by atoms with E-state index in [2.05, 4.69) is 0 Å². The van der Waals surface area contributed by atoms with Gasteiger partial charge in [0.15, 0.2) is 0 Å². The lowest BCUT2D eigenvalue weighted by Gasteiger charge is -2.23. The highest BCUT2D eigenvalue weighted by Gasteiger charge is 2.28. The maximum atomic E-state index is 12.1. The van der Waals surface area contributed by atoms with Gasteiger partial charge in [0.25, 0.3) is 0 Å². The van der Waals surface area contributed by atoms with Crippen LogP contribution in [0.1, 0.15) is 13.8 Å². The zero-order valence-corrected chi connectivity index (χ0v) is 10.6. The third-order valence-electron chi connectivity index (χ3n) is 3.08. The highest BCUT2D eigenvalue weighted by atomic mass is 16.4. The molecule has 2 atom stereocenters. The van der Waals surface area contributed by atoms with Gasteiger partial charge in [-0.25, -0.2) is 0 Å². The molecule has 0 aromatic heterocycles. The molecule has 0 saturated heterocycles. The maximum Gasteiger partial charge on any atom is 0.307 e. The Morgan fingerprint density at radius 3 is 2.33 bits per heavy atom. The van der Waals surface area contributed by atoms with Gasteiger partial charge in [-0.15, -0.1) is 0 Å². The summed E-state index contributed by atoms with van der Waals surface area (Å²) in [6, 6.07) is 6.26. The Hall–Kier alpha value is -2.04. The van der Waals surface area contributed by atoms with Crippen LogP contribution in [0.15, 0.2) is 24.3 Å². The number of nitrogens with zero attached hydrogens (tertiary/aromatic N) is 1. The summed E-state index contributed by atoms with van der Waals surface area (Å²) in [5.41, 5.74) is 0.532. The van der Waals surface area contributed by atoms with Crippen molar-refractivity contribution in [1.82, 2.24) is 0 Å². The summed E-state index contributed by atoms with van der Waals surface area (Å²) < 4.78 is 0. The molecule has 0 heterocycles. The summed E-state index contributed by atoms with van der Waals surface area (Å²) in [5, 5.41) is 18.2. The van der Waals surface area contributed by atoms with Crippen molar-refractivity contribution in [3.05, 3.63) is 24.3 Å². The van der Waals surface area contributed by atoms with Crippen molar-refractivity contribution in [3.63, 3.8) is 0 Å². The molecule has 98 valence electrons. The molecule has 0 bridgehead atoms. The molecule has 2 N–H and O–H groups in total. The van der Waals surface area contributed by atoms with Gasteiger partial charge in [0.2, 0.25) is 5.91 Å². The lowest BCUT2D eigenvalue weighted by molar-refractivity contribution is -0.145. The van der Waals surface area contributed by atoms with Crippen LogP contribution in [0.3, 0.4) is 0 Å². The van der Waals surface area contributed by atoms with Crippen LogP contribution in [-0.4, -0.2) is 29.1 Å². The van der Waals surface area contributed by atoms with Gasteiger partial charge >= 0.3 is 5.97 Å². The lowest BCUT2D eigenvalue weighted by Crippen LogP contribution is -2.36. The number of carbonyl (C=O) groups is 2. The Morgan fingerprint density at radius 1 is 1.22 bits per heavy atom. The molecule has 1 rings (SSSR count). The minimum Gasteiger partial charge on any atom is -0.508 e. The second kappa shape index (κ2) is 5.53. The average molecular weight is 251 g/mol. The van der Waals surface area contributed by atoms with Crippen LogP contribution in [0, 0.1) is 11.8 Å². The van der Waals surface area contributed by atoms with Crippen LogP contribution < -0.4 is 4.90 Å². The first-order chi connectivity index (χ1) is 8.34. The number of rotatable bonds is 4. The van der Waals surface area contributed by atoms with Crippen LogP contribution in [-0.2, 0) is 9.59 Å². The SMILES string of the molecule is CC(C(=O)O)C(C)C(=O)N(C)c1cccc(O)c1. The van der Waals surface area contributed by atoms with Crippen molar-refractivity contribution < 1.29 is 19.8 Å². The monoisotopic (exact) mass is 251 g/mol.